The van der Waals surface area contributed by atoms with Crippen molar-refractivity contribution < 1.29 is 14.3 Å². The van der Waals surface area contributed by atoms with Crippen molar-refractivity contribution >= 4 is 32.9 Å². The van der Waals surface area contributed by atoms with Crippen molar-refractivity contribution in [2.75, 3.05) is 19.6 Å². The number of amides is 1. The minimum absolute atomic E-state index is 0.0147. The van der Waals surface area contributed by atoms with Crippen LogP contribution in [0.4, 0.5) is 9.18 Å². The van der Waals surface area contributed by atoms with Crippen LogP contribution >= 0.6 is 15.9 Å². The maximum atomic E-state index is 14.1. The molecule has 0 aliphatic carbocycles. The molecule has 25 heavy (non-hydrogen) atoms. The van der Waals surface area contributed by atoms with Gasteiger partial charge in [-0.3, -0.25) is 4.79 Å². The highest BCUT2D eigenvalue weighted by Gasteiger charge is 2.20. The van der Waals surface area contributed by atoms with E-state index in [1.807, 2.05) is 0 Å². The summed E-state index contributed by atoms with van der Waals surface area (Å²) in [6.07, 6.45) is 0.502. The summed E-state index contributed by atoms with van der Waals surface area (Å²) in [6.45, 7) is 2.65. The summed E-state index contributed by atoms with van der Waals surface area (Å²) >= 11 is 3.28. The molecule has 1 aromatic carbocycles. The third kappa shape index (κ3) is 4.19. The molecule has 2 aromatic rings. The first-order chi connectivity index (χ1) is 11.9. The molecule has 134 valence electrons. The fraction of sp³-hybridized carbons (Fsp3) is 0.412. The standard InChI is InChI=1S/C17H19BrFN3O3/c18-11-9-14(19)13-1-2-16(23)22(15(13)10-11)8-7-21-5-3-12(4-6-21)20-17(24)25/h1-2,9-10,12,20H,3-8H2,(H,24,25). The van der Waals surface area contributed by atoms with Gasteiger partial charge in [0.1, 0.15) is 5.82 Å². The molecule has 0 atom stereocenters. The van der Waals surface area contributed by atoms with Crippen molar-refractivity contribution in [2.24, 2.45) is 0 Å². The predicted octanol–water partition coefficient (Wildman–Crippen LogP) is 2.64. The number of rotatable bonds is 4. The Labute approximate surface area is 152 Å². The normalized spacial score (nSPS) is 16.2. The third-order valence-corrected chi connectivity index (χ3v) is 5.03. The second-order valence-corrected chi connectivity index (χ2v) is 7.12. The molecule has 1 amide bonds. The Kier molecular flexibility index (Phi) is 5.39. The molecule has 1 aromatic heterocycles. The number of benzene rings is 1. The largest absolute Gasteiger partial charge is 0.465 e. The van der Waals surface area contributed by atoms with E-state index in [1.54, 1.807) is 10.6 Å². The van der Waals surface area contributed by atoms with Crippen LogP contribution in [0.25, 0.3) is 10.9 Å². The van der Waals surface area contributed by atoms with E-state index in [9.17, 15) is 14.0 Å². The van der Waals surface area contributed by atoms with E-state index in [0.717, 1.165) is 25.9 Å². The van der Waals surface area contributed by atoms with Crippen molar-refractivity contribution in [1.82, 2.24) is 14.8 Å². The summed E-state index contributed by atoms with van der Waals surface area (Å²) < 4.78 is 16.3. The molecule has 0 saturated carbocycles. The van der Waals surface area contributed by atoms with Gasteiger partial charge in [-0.15, -0.1) is 0 Å². The molecule has 1 saturated heterocycles. The third-order valence-electron chi connectivity index (χ3n) is 4.58. The number of hydrogen-bond acceptors (Lipinski definition) is 3. The van der Waals surface area contributed by atoms with Gasteiger partial charge in [0.05, 0.1) is 5.52 Å². The number of nitrogens with zero attached hydrogens (tertiary/aromatic N) is 2. The molecule has 6 nitrogen and oxygen atoms in total. The summed E-state index contributed by atoms with van der Waals surface area (Å²) in [5.74, 6) is -0.362. The van der Waals surface area contributed by atoms with Gasteiger partial charge >= 0.3 is 6.09 Å². The lowest BCUT2D eigenvalue weighted by Crippen LogP contribution is -2.45. The lowest BCUT2D eigenvalue weighted by Gasteiger charge is -2.31. The zero-order valence-corrected chi connectivity index (χ0v) is 15.1. The molecule has 0 bridgehead atoms. The fourth-order valence-electron chi connectivity index (χ4n) is 3.27. The maximum absolute atomic E-state index is 14.1. The van der Waals surface area contributed by atoms with Crippen LogP contribution in [0.3, 0.4) is 0 Å². The molecule has 0 radical (unpaired) electrons. The number of aromatic nitrogens is 1. The van der Waals surface area contributed by atoms with Crippen molar-refractivity contribution in [1.29, 1.82) is 0 Å². The van der Waals surface area contributed by atoms with E-state index in [0.29, 0.717) is 28.5 Å². The average molecular weight is 412 g/mol. The van der Waals surface area contributed by atoms with Crippen LogP contribution in [0.2, 0.25) is 0 Å². The molecule has 3 rings (SSSR count). The lowest BCUT2D eigenvalue weighted by molar-refractivity contribution is 0.166. The van der Waals surface area contributed by atoms with Crippen molar-refractivity contribution in [3.63, 3.8) is 0 Å². The van der Waals surface area contributed by atoms with Gasteiger partial charge in [-0.1, -0.05) is 15.9 Å². The molecular formula is C17H19BrFN3O3. The number of hydrogen-bond donors (Lipinski definition) is 2. The number of halogens is 2. The Hall–Kier alpha value is -1.93. The number of likely N-dealkylation sites (tertiary alicyclic amines) is 1. The number of carboxylic acid groups (broad SMARTS) is 1. The fourth-order valence-corrected chi connectivity index (χ4v) is 3.69. The van der Waals surface area contributed by atoms with Crippen LogP contribution in [-0.2, 0) is 6.54 Å². The number of nitrogens with one attached hydrogen (secondary N) is 1. The van der Waals surface area contributed by atoms with E-state index in [2.05, 4.69) is 26.1 Å². The van der Waals surface area contributed by atoms with E-state index >= 15 is 0 Å². The monoisotopic (exact) mass is 411 g/mol. The van der Waals surface area contributed by atoms with E-state index < -0.39 is 6.09 Å². The second-order valence-electron chi connectivity index (χ2n) is 6.21. The molecular weight excluding hydrogens is 393 g/mol. The van der Waals surface area contributed by atoms with Crippen LogP contribution in [0.5, 0.6) is 0 Å². The van der Waals surface area contributed by atoms with E-state index in [4.69, 9.17) is 5.11 Å². The Bertz CT molecular complexity index is 847. The Morgan fingerprint density at radius 2 is 2.00 bits per heavy atom. The molecule has 2 N–H and O–H groups in total. The maximum Gasteiger partial charge on any atom is 0.404 e. The van der Waals surface area contributed by atoms with E-state index in [1.165, 1.54) is 18.2 Å². The zero-order chi connectivity index (χ0) is 18.0. The number of carbonyl (C=O) groups is 1. The average Bonchev–Trinajstić information content (AvgIpc) is 2.54. The van der Waals surface area contributed by atoms with Crippen LogP contribution in [0.15, 0.2) is 33.5 Å². The molecule has 0 spiro atoms. The van der Waals surface area contributed by atoms with Gasteiger partial charge in [-0.05, 0) is 31.0 Å². The molecule has 0 unspecified atom stereocenters. The minimum Gasteiger partial charge on any atom is -0.465 e. The number of piperidine rings is 1. The van der Waals surface area contributed by atoms with Crippen LogP contribution in [0, 0.1) is 5.82 Å². The van der Waals surface area contributed by atoms with Gasteiger partial charge in [-0.25, -0.2) is 9.18 Å². The van der Waals surface area contributed by atoms with Gasteiger partial charge in [0.2, 0.25) is 0 Å². The van der Waals surface area contributed by atoms with E-state index in [-0.39, 0.29) is 17.4 Å². The molecule has 2 heterocycles. The first-order valence-corrected chi connectivity index (χ1v) is 8.94. The molecule has 8 heteroatoms. The SMILES string of the molecule is O=C(O)NC1CCN(CCn2c(=O)ccc3c(F)cc(Br)cc32)CC1. The minimum atomic E-state index is -0.992. The molecule has 1 aliphatic heterocycles. The highest BCUT2D eigenvalue weighted by atomic mass is 79.9. The quantitative estimate of drug-likeness (QED) is 0.810. The predicted molar refractivity (Wildman–Crippen MR) is 96.5 cm³/mol. The first-order valence-electron chi connectivity index (χ1n) is 8.14. The van der Waals surface area contributed by atoms with Gasteiger partial charge < -0.3 is 19.9 Å². The van der Waals surface area contributed by atoms with Gasteiger partial charge in [0, 0.05) is 48.1 Å². The van der Waals surface area contributed by atoms with Crippen LogP contribution in [-0.4, -0.2) is 46.3 Å². The number of pyridine rings is 1. The summed E-state index contributed by atoms with van der Waals surface area (Å²) in [5.41, 5.74) is 0.411. The van der Waals surface area contributed by atoms with Gasteiger partial charge in [-0.2, -0.15) is 0 Å². The Morgan fingerprint density at radius 3 is 2.68 bits per heavy atom. The topological polar surface area (TPSA) is 74.6 Å². The number of fused-ring (bicyclic) bond motifs is 1. The highest BCUT2D eigenvalue weighted by Crippen LogP contribution is 2.22. The van der Waals surface area contributed by atoms with Crippen molar-refractivity contribution in [3.05, 3.63) is 44.9 Å². The summed E-state index contributed by atoms with van der Waals surface area (Å²) in [6, 6.07) is 6.03. The summed E-state index contributed by atoms with van der Waals surface area (Å²) in [7, 11) is 0. The van der Waals surface area contributed by atoms with Crippen LogP contribution < -0.4 is 10.9 Å². The summed E-state index contributed by atoms with van der Waals surface area (Å²) in [4.78, 5) is 25.1. The van der Waals surface area contributed by atoms with Crippen molar-refractivity contribution in [2.45, 2.75) is 25.4 Å². The van der Waals surface area contributed by atoms with Crippen LogP contribution in [0.1, 0.15) is 12.8 Å². The van der Waals surface area contributed by atoms with Crippen molar-refractivity contribution in [3.8, 4) is 0 Å². The highest BCUT2D eigenvalue weighted by molar-refractivity contribution is 9.10. The zero-order valence-electron chi connectivity index (χ0n) is 13.5. The lowest BCUT2D eigenvalue weighted by atomic mass is 10.1. The van der Waals surface area contributed by atoms with Gasteiger partial charge in [0.15, 0.2) is 0 Å². The van der Waals surface area contributed by atoms with Gasteiger partial charge in [0.25, 0.3) is 5.56 Å². The molecule has 1 fully saturated rings. The second kappa shape index (κ2) is 7.53. The Morgan fingerprint density at radius 1 is 1.28 bits per heavy atom. The molecule has 1 aliphatic rings. The Balaban J connectivity index is 1.71. The smallest absolute Gasteiger partial charge is 0.404 e. The first kappa shape index (κ1) is 17.9. The summed E-state index contributed by atoms with van der Waals surface area (Å²) in [5, 5.41) is 11.7.